The van der Waals surface area contributed by atoms with E-state index in [1.54, 1.807) is 12.1 Å². The molecule has 0 bridgehead atoms. The Morgan fingerprint density at radius 1 is 1.18 bits per heavy atom. The summed E-state index contributed by atoms with van der Waals surface area (Å²) in [6.07, 6.45) is -0.894. The average Bonchev–Trinajstić information content (AvgIpc) is 2.52. The Labute approximate surface area is 125 Å². The number of ketones is 1. The summed E-state index contributed by atoms with van der Waals surface area (Å²) in [5.41, 5.74) is -0.837. The molecule has 114 valence electrons. The van der Waals surface area contributed by atoms with Crippen LogP contribution in [0.5, 0.6) is 5.75 Å². The lowest BCUT2D eigenvalue weighted by atomic mass is 10.1. The topological polar surface area (TPSA) is 39.2 Å². The summed E-state index contributed by atoms with van der Waals surface area (Å²) in [4.78, 5) is 15.9. The number of pyridine rings is 1. The zero-order valence-electron chi connectivity index (χ0n) is 11.6. The Balaban J connectivity index is 2.32. The second-order valence-corrected chi connectivity index (χ2v) is 4.34. The molecule has 0 saturated carbocycles. The normalized spacial score (nSPS) is 11.6. The van der Waals surface area contributed by atoms with Crippen molar-refractivity contribution in [3.8, 4) is 5.75 Å². The number of halogens is 3. The molecular weight excluding hydrogens is 295 g/mol. The number of allylic oxidation sites excluding steroid dienone is 1. The molecule has 0 N–H and O–H groups in total. The van der Waals surface area contributed by atoms with E-state index in [2.05, 4.69) is 4.98 Å². The highest BCUT2D eigenvalue weighted by molar-refractivity contribution is 6.07. The number of ether oxygens (including phenoxy) is 1. The third-order valence-electron chi connectivity index (χ3n) is 2.90. The van der Waals surface area contributed by atoms with Crippen LogP contribution in [0.2, 0.25) is 0 Å². The lowest BCUT2D eigenvalue weighted by Gasteiger charge is -2.09. The van der Waals surface area contributed by atoms with Gasteiger partial charge in [0.1, 0.15) is 5.75 Å². The molecule has 1 aromatic heterocycles. The maximum absolute atomic E-state index is 12.9. The van der Waals surface area contributed by atoms with E-state index in [0.29, 0.717) is 0 Å². The predicted octanol–water partition coefficient (Wildman–Crippen LogP) is 4.01. The highest BCUT2D eigenvalue weighted by atomic mass is 19.4. The minimum Gasteiger partial charge on any atom is -0.494 e. The van der Waals surface area contributed by atoms with Crippen LogP contribution in [0.1, 0.15) is 21.6 Å². The molecule has 0 aliphatic carbocycles. The molecule has 0 aliphatic rings. The van der Waals surface area contributed by atoms with Crippen molar-refractivity contribution in [3.63, 3.8) is 0 Å². The average molecular weight is 307 g/mol. The van der Waals surface area contributed by atoms with E-state index in [0.717, 1.165) is 18.2 Å². The van der Waals surface area contributed by atoms with Gasteiger partial charge in [-0.2, -0.15) is 13.2 Å². The fourth-order valence-corrected chi connectivity index (χ4v) is 1.89. The van der Waals surface area contributed by atoms with Crippen LogP contribution >= 0.6 is 0 Å². The number of methoxy groups -OCH3 is 1. The van der Waals surface area contributed by atoms with Crippen molar-refractivity contribution < 1.29 is 22.7 Å². The summed E-state index contributed by atoms with van der Waals surface area (Å²) in [6, 6.07) is 8.17. The summed E-state index contributed by atoms with van der Waals surface area (Å²) < 4.78 is 43.6. The van der Waals surface area contributed by atoms with Gasteiger partial charge in [-0.1, -0.05) is 24.3 Å². The molecule has 1 heterocycles. The van der Waals surface area contributed by atoms with E-state index >= 15 is 0 Å². The second-order valence-electron chi connectivity index (χ2n) is 4.34. The Morgan fingerprint density at radius 3 is 2.59 bits per heavy atom. The van der Waals surface area contributed by atoms with Crippen molar-refractivity contribution in [2.45, 2.75) is 6.18 Å². The zero-order valence-corrected chi connectivity index (χ0v) is 11.6. The Hall–Kier alpha value is -2.63. The third-order valence-corrected chi connectivity index (χ3v) is 2.90. The molecule has 6 heteroatoms. The molecule has 2 aromatic rings. The summed E-state index contributed by atoms with van der Waals surface area (Å²) in [6.45, 7) is 0. The molecule has 0 unspecified atom stereocenters. The number of nitrogens with zero attached hydrogens (tertiary/aromatic N) is 1. The first-order chi connectivity index (χ1) is 10.4. The first kappa shape index (κ1) is 15.8. The molecule has 0 atom stereocenters. The van der Waals surface area contributed by atoms with Gasteiger partial charge in [0, 0.05) is 6.20 Å². The van der Waals surface area contributed by atoms with Crippen LogP contribution < -0.4 is 4.74 Å². The molecule has 0 spiro atoms. The van der Waals surface area contributed by atoms with Crippen LogP contribution in [-0.2, 0) is 6.18 Å². The number of alkyl halides is 3. The van der Waals surface area contributed by atoms with Crippen LogP contribution in [0, 0.1) is 0 Å². The second kappa shape index (κ2) is 6.43. The molecule has 0 fully saturated rings. The van der Waals surface area contributed by atoms with Gasteiger partial charge < -0.3 is 4.74 Å². The molecule has 0 amide bonds. The van der Waals surface area contributed by atoms with Crippen molar-refractivity contribution in [1.82, 2.24) is 4.98 Å². The maximum Gasteiger partial charge on any atom is 0.416 e. The Bertz CT molecular complexity index is 709. The molecule has 1 aromatic carbocycles. The lowest BCUT2D eigenvalue weighted by molar-refractivity contribution is -0.137. The van der Waals surface area contributed by atoms with Gasteiger partial charge in [0.05, 0.1) is 12.7 Å². The summed E-state index contributed by atoms with van der Waals surface area (Å²) in [5, 5.41) is 0. The SMILES string of the molecule is COc1cccnc1C(=O)/C=C/c1ccccc1C(F)(F)F. The van der Waals surface area contributed by atoms with E-state index < -0.39 is 17.5 Å². The van der Waals surface area contributed by atoms with E-state index in [-0.39, 0.29) is 17.0 Å². The Morgan fingerprint density at radius 2 is 1.91 bits per heavy atom. The summed E-state index contributed by atoms with van der Waals surface area (Å²) >= 11 is 0. The van der Waals surface area contributed by atoms with Crippen molar-refractivity contribution in [3.05, 3.63) is 65.5 Å². The number of aromatic nitrogens is 1. The van der Waals surface area contributed by atoms with Crippen LogP contribution in [0.3, 0.4) is 0 Å². The van der Waals surface area contributed by atoms with E-state index in [1.807, 2.05) is 0 Å². The molecule has 0 saturated heterocycles. The van der Waals surface area contributed by atoms with Crippen molar-refractivity contribution in [2.75, 3.05) is 7.11 Å². The van der Waals surface area contributed by atoms with Gasteiger partial charge in [-0.3, -0.25) is 4.79 Å². The number of rotatable bonds is 4. The van der Waals surface area contributed by atoms with Gasteiger partial charge in [0.2, 0.25) is 5.78 Å². The van der Waals surface area contributed by atoms with Gasteiger partial charge in [-0.15, -0.1) is 0 Å². The lowest BCUT2D eigenvalue weighted by Crippen LogP contribution is -2.07. The van der Waals surface area contributed by atoms with E-state index in [9.17, 15) is 18.0 Å². The van der Waals surface area contributed by atoms with Crippen LogP contribution in [0.4, 0.5) is 13.2 Å². The van der Waals surface area contributed by atoms with Crippen LogP contribution in [0.15, 0.2) is 48.7 Å². The first-order valence-corrected chi connectivity index (χ1v) is 6.31. The standard InChI is InChI=1S/C16H12F3NO2/c1-22-14-7-4-10-20-15(14)13(21)9-8-11-5-2-3-6-12(11)16(17,18)19/h2-10H,1H3/b9-8+. The zero-order chi connectivity index (χ0) is 16.2. The van der Waals surface area contributed by atoms with Crippen LogP contribution in [0.25, 0.3) is 6.08 Å². The van der Waals surface area contributed by atoms with Gasteiger partial charge >= 0.3 is 6.18 Å². The largest absolute Gasteiger partial charge is 0.494 e. The molecule has 0 aliphatic heterocycles. The monoisotopic (exact) mass is 307 g/mol. The number of carbonyl (C=O) groups excluding carboxylic acids is 1. The van der Waals surface area contributed by atoms with Gasteiger partial charge in [-0.25, -0.2) is 4.98 Å². The van der Waals surface area contributed by atoms with Crippen molar-refractivity contribution in [1.29, 1.82) is 0 Å². The van der Waals surface area contributed by atoms with E-state index in [1.165, 1.54) is 31.5 Å². The third kappa shape index (κ3) is 3.52. The van der Waals surface area contributed by atoms with Gasteiger partial charge in [0.25, 0.3) is 0 Å². The Kier molecular flexibility index (Phi) is 4.60. The maximum atomic E-state index is 12.9. The predicted molar refractivity (Wildman–Crippen MR) is 75.6 cm³/mol. The molecule has 3 nitrogen and oxygen atoms in total. The van der Waals surface area contributed by atoms with Gasteiger partial charge in [0.15, 0.2) is 5.69 Å². The number of hydrogen-bond donors (Lipinski definition) is 0. The molecule has 0 radical (unpaired) electrons. The number of carbonyl (C=O) groups is 1. The highest BCUT2D eigenvalue weighted by Crippen LogP contribution is 2.32. The highest BCUT2D eigenvalue weighted by Gasteiger charge is 2.32. The molecule has 22 heavy (non-hydrogen) atoms. The minimum atomic E-state index is -4.48. The molecular formula is C16H12F3NO2. The first-order valence-electron chi connectivity index (χ1n) is 6.31. The smallest absolute Gasteiger partial charge is 0.416 e. The molecule has 2 rings (SSSR count). The van der Waals surface area contributed by atoms with Crippen molar-refractivity contribution >= 4 is 11.9 Å². The minimum absolute atomic E-state index is 0.0470. The van der Waals surface area contributed by atoms with Crippen molar-refractivity contribution in [2.24, 2.45) is 0 Å². The fraction of sp³-hybridized carbons (Fsp3) is 0.125. The number of benzene rings is 1. The quantitative estimate of drug-likeness (QED) is 0.633. The van der Waals surface area contributed by atoms with E-state index in [4.69, 9.17) is 4.74 Å². The summed E-state index contributed by atoms with van der Waals surface area (Å²) in [7, 11) is 1.39. The fourth-order valence-electron chi connectivity index (χ4n) is 1.89. The number of hydrogen-bond acceptors (Lipinski definition) is 3. The van der Waals surface area contributed by atoms with Gasteiger partial charge in [-0.05, 0) is 29.8 Å². The van der Waals surface area contributed by atoms with Crippen LogP contribution in [-0.4, -0.2) is 17.9 Å². The summed E-state index contributed by atoms with van der Waals surface area (Å²) in [5.74, 6) is -0.268.